The number of hydrogen-bond donors (Lipinski definition) is 0. The molecule has 1 heterocycles. The molecule has 0 fully saturated rings. The number of thiazole rings is 1. The lowest BCUT2D eigenvalue weighted by molar-refractivity contribution is -0.120. The van der Waals surface area contributed by atoms with E-state index < -0.39 is 5.91 Å². The smallest absolute Gasteiger partial charge is 0.286 e. The molecular formula is C20H16Cl2N2O2S. The van der Waals surface area contributed by atoms with Crippen LogP contribution in [0.2, 0.25) is 10.0 Å². The van der Waals surface area contributed by atoms with Crippen LogP contribution in [0.15, 0.2) is 35.3 Å². The highest BCUT2D eigenvalue weighted by atomic mass is 35.5. The lowest BCUT2D eigenvalue weighted by Gasteiger charge is -2.06. The summed E-state index contributed by atoms with van der Waals surface area (Å²) in [5, 5.41) is 0.833. The van der Waals surface area contributed by atoms with Crippen molar-refractivity contribution in [3.63, 3.8) is 0 Å². The third-order valence-corrected chi connectivity index (χ3v) is 5.58. The summed E-state index contributed by atoms with van der Waals surface area (Å²) < 4.78 is 8.35. The van der Waals surface area contributed by atoms with Gasteiger partial charge in [0.05, 0.1) is 21.8 Å². The highest BCUT2D eigenvalue weighted by Crippen LogP contribution is 2.27. The Morgan fingerprint density at radius 3 is 2.70 bits per heavy atom. The van der Waals surface area contributed by atoms with Gasteiger partial charge in [0.2, 0.25) is 0 Å². The van der Waals surface area contributed by atoms with Gasteiger partial charge in [0.15, 0.2) is 11.4 Å². The molecule has 0 N–H and O–H groups in total. The topological polar surface area (TPSA) is 43.6 Å². The van der Waals surface area contributed by atoms with Gasteiger partial charge < -0.3 is 9.30 Å². The number of halogens is 2. The van der Waals surface area contributed by atoms with Gasteiger partial charge >= 0.3 is 0 Å². The van der Waals surface area contributed by atoms with Crippen LogP contribution >= 0.6 is 34.5 Å². The number of carbonyl (C=O) groups is 1. The Kier molecular flexibility index (Phi) is 5.91. The Morgan fingerprint density at radius 2 is 2.00 bits per heavy atom. The zero-order valence-corrected chi connectivity index (χ0v) is 17.1. The van der Waals surface area contributed by atoms with Gasteiger partial charge in [0, 0.05) is 5.02 Å². The molecule has 0 aliphatic carbocycles. The summed E-state index contributed by atoms with van der Waals surface area (Å²) in [5.74, 6) is 2.57. The van der Waals surface area contributed by atoms with Gasteiger partial charge in [0.1, 0.15) is 5.75 Å². The first-order valence-electron chi connectivity index (χ1n) is 8.08. The Balaban J connectivity index is 1.91. The average molecular weight is 419 g/mol. The highest BCUT2D eigenvalue weighted by molar-refractivity contribution is 7.16. The Morgan fingerprint density at radius 1 is 1.26 bits per heavy atom. The highest BCUT2D eigenvalue weighted by Gasteiger charge is 2.10. The van der Waals surface area contributed by atoms with Gasteiger partial charge in [-0.3, -0.25) is 4.79 Å². The Labute approximate surface area is 171 Å². The van der Waals surface area contributed by atoms with Gasteiger partial charge in [-0.2, -0.15) is 4.99 Å². The zero-order chi connectivity index (χ0) is 19.6. The van der Waals surface area contributed by atoms with Gasteiger partial charge in [-0.05, 0) is 55.3 Å². The number of aryl methyl sites for hydroxylation is 2. The van der Waals surface area contributed by atoms with Crippen LogP contribution in [0, 0.1) is 26.2 Å². The zero-order valence-electron chi connectivity index (χ0n) is 14.8. The molecule has 2 aromatic carbocycles. The monoisotopic (exact) mass is 418 g/mol. The van der Waals surface area contributed by atoms with Crippen LogP contribution in [-0.2, 0) is 11.3 Å². The number of rotatable bonds is 4. The minimum atomic E-state index is -0.424. The summed E-state index contributed by atoms with van der Waals surface area (Å²) in [4.78, 5) is 17.0. The predicted octanol–water partition coefficient (Wildman–Crippen LogP) is 4.77. The molecule has 27 heavy (non-hydrogen) atoms. The van der Waals surface area contributed by atoms with E-state index in [1.807, 2.05) is 18.4 Å². The lowest BCUT2D eigenvalue weighted by Crippen LogP contribution is -2.19. The molecule has 138 valence electrons. The van der Waals surface area contributed by atoms with Crippen molar-refractivity contribution in [1.82, 2.24) is 4.57 Å². The summed E-state index contributed by atoms with van der Waals surface area (Å²) in [6.45, 7) is 4.19. The minimum Gasteiger partial charge on any atom is -0.482 e. The number of hydrogen-bond acceptors (Lipinski definition) is 3. The molecule has 1 amide bonds. The molecular weight excluding hydrogens is 403 g/mol. The fourth-order valence-corrected chi connectivity index (χ4v) is 4.11. The van der Waals surface area contributed by atoms with Crippen LogP contribution in [0.3, 0.4) is 0 Å². The molecule has 0 spiro atoms. The largest absolute Gasteiger partial charge is 0.482 e. The molecule has 4 nitrogen and oxygen atoms in total. The average Bonchev–Trinajstić information content (AvgIpc) is 2.91. The first-order valence-corrected chi connectivity index (χ1v) is 9.65. The van der Waals surface area contributed by atoms with Crippen LogP contribution in [0.1, 0.15) is 11.1 Å². The van der Waals surface area contributed by atoms with E-state index in [-0.39, 0.29) is 6.61 Å². The maximum absolute atomic E-state index is 12.3. The van der Waals surface area contributed by atoms with Crippen molar-refractivity contribution in [3.8, 4) is 18.1 Å². The number of carbonyl (C=O) groups excluding carboxylic acids is 1. The van der Waals surface area contributed by atoms with E-state index in [4.69, 9.17) is 34.4 Å². The second-order valence-corrected chi connectivity index (χ2v) is 7.80. The van der Waals surface area contributed by atoms with E-state index in [1.54, 1.807) is 18.2 Å². The van der Waals surface area contributed by atoms with E-state index in [2.05, 4.69) is 23.0 Å². The predicted molar refractivity (Wildman–Crippen MR) is 111 cm³/mol. The maximum Gasteiger partial charge on any atom is 0.286 e. The number of amides is 1. The van der Waals surface area contributed by atoms with Crippen molar-refractivity contribution in [2.24, 2.45) is 4.99 Å². The summed E-state index contributed by atoms with van der Waals surface area (Å²) in [6.07, 6.45) is 5.50. The molecule has 7 heteroatoms. The van der Waals surface area contributed by atoms with Crippen molar-refractivity contribution in [3.05, 3.63) is 56.3 Å². The van der Waals surface area contributed by atoms with Crippen LogP contribution in [0.4, 0.5) is 0 Å². The third kappa shape index (κ3) is 4.36. The fraction of sp³-hybridized carbons (Fsp3) is 0.200. The SMILES string of the molecule is C#CCn1c(=NC(=O)COc2ccc(Cl)cc2Cl)sc2cc(C)c(C)cc21. The fourth-order valence-electron chi connectivity index (χ4n) is 2.52. The second kappa shape index (κ2) is 8.18. The van der Waals surface area contributed by atoms with Crippen molar-refractivity contribution in [2.45, 2.75) is 20.4 Å². The molecule has 0 atom stereocenters. The molecule has 3 aromatic rings. The van der Waals surface area contributed by atoms with Crippen LogP contribution in [-0.4, -0.2) is 17.1 Å². The van der Waals surface area contributed by atoms with E-state index in [9.17, 15) is 4.79 Å². The molecule has 0 aliphatic rings. The number of aromatic nitrogens is 1. The molecule has 0 bridgehead atoms. The number of nitrogens with zero attached hydrogens (tertiary/aromatic N) is 2. The first kappa shape index (κ1) is 19.5. The maximum atomic E-state index is 12.3. The summed E-state index contributed by atoms with van der Waals surface area (Å²) in [7, 11) is 0. The number of terminal acetylenes is 1. The van der Waals surface area contributed by atoms with Gasteiger partial charge in [-0.1, -0.05) is 40.5 Å². The summed E-state index contributed by atoms with van der Waals surface area (Å²) in [5.41, 5.74) is 3.30. The van der Waals surface area contributed by atoms with Crippen LogP contribution in [0.5, 0.6) is 5.75 Å². The molecule has 0 aliphatic heterocycles. The van der Waals surface area contributed by atoms with Crippen molar-refractivity contribution >= 4 is 50.7 Å². The Hall–Kier alpha value is -2.26. The number of benzene rings is 2. The van der Waals surface area contributed by atoms with Crippen molar-refractivity contribution in [1.29, 1.82) is 0 Å². The van der Waals surface area contributed by atoms with Gasteiger partial charge in [-0.15, -0.1) is 6.42 Å². The minimum absolute atomic E-state index is 0.232. The summed E-state index contributed by atoms with van der Waals surface area (Å²) in [6, 6.07) is 8.95. The molecule has 0 unspecified atom stereocenters. The molecule has 3 rings (SSSR count). The molecule has 1 aromatic heterocycles. The van der Waals surface area contributed by atoms with E-state index in [0.717, 1.165) is 15.8 Å². The first-order chi connectivity index (χ1) is 12.9. The molecule has 0 saturated carbocycles. The standard InChI is InChI=1S/C20H16Cl2N2O2S/c1-4-7-24-16-8-12(2)13(3)9-18(16)27-20(24)23-19(25)11-26-17-6-5-14(21)10-15(17)22/h1,5-6,8-10H,7,11H2,2-3H3. The van der Waals surface area contributed by atoms with Crippen molar-refractivity contribution < 1.29 is 9.53 Å². The van der Waals surface area contributed by atoms with Crippen LogP contribution < -0.4 is 9.54 Å². The lowest BCUT2D eigenvalue weighted by atomic mass is 10.1. The summed E-state index contributed by atoms with van der Waals surface area (Å²) >= 11 is 13.3. The third-order valence-electron chi connectivity index (χ3n) is 4.01. The van der Waals surface area contributed by atoms with E-state index in [1.165, 1.54) is 16.9 Å². The van der Waals surface area contributed by atoms with Gasteiger partial charge in [-0.25, -0.2) is 0 Å². The van der Waals surface area contributed by atoms with Crippen LogP contribution in [0.25, 0.3) is 10.2 Å². The number of fused-ring (bicyclic) bond motifs is 1. The normalized spacial score (nSPS) is 11.6. The second-order valence-electron chi connectivity index (χ2n) is 5.95. The molecule has 0 saturated heterocycles. The van der Waals surface area contributed by atoms with Gasteiger partial charge in [0.25, 0.3) is 5.91 Å². The molecule has 0 radical (unpaired) electrons. The number of ether oxygens (including phenoxy) is 1. The van der Waals surface area contributed by atoms with E-state index in [0.29, 0.717) is 27.1 Å². The Bertz CT molecular complexity index is 1140. The van der Waals surface area contributed by atoms with E-state index >= 15 is 0 Å². The quantitative estimate of drug-likeness (QED) is 0.572. The van der Waals surface area contributed by atoms with Crippen molar-refractivity contribution in [2.75, 3.05) is 6.61 Å².